The molecule has 0 unspecified atom stereocenters. The molecular weight excluding hydrogens is 1690 g/mol. The second kappa shape index (κ2) is 41.9. The van der Waals surface area contributed by atoms with E-state index in [1.807, 2.05) is 455 Å². The fourth-order valence-electron chi connectivity index (χ4n) is 16.2. The number of benzene rings is 15. The zero-order chi connectivity index (χ0) is 85.0. The number of aliphatic carboxylic acids is 5. The van der Waals surface area contributed by atoms with E-state index in [4.69, 9.17) is 0 Å². The Hall–Kier alpha value is -14.8. The van der Waals surface area contributed by atoms with E-state index in [0.717, 1.165) is 83.5 Å². The van der Waals surface area contributed by atoms with Crippen LogP contribution in [0.15, 0.2) is 516 Å². The van der Waals surface area contributed by atoms with Gasteiger partial charge in [0.2, 0.25) is 0 Å². The SMILES string of the molecule is C=C(C(=O)[O-])C(c1ccccc1)(c1ccccc1)c1ccccc1.C=C(C(=O)[O-])C(c1ccccc1)(c1ccccc1)c1ccccc1.C=C(C(=O)[O-])C(c1ccccc1)(c1ccccc1)c1ccccc1.C=C(C(=O)[O-])C(c1ccccc1)(c1ccccc1)c1ccccc1.C=C(C(=O)[O-])C(c1ccccc1)(c1ccccc1)c1ccccc1.[Bi+5]. The van der Waals surface area contributed by atoms with Gasteiger partial charge in [-0.2, -0.15) is 0 Å². The van der Waals surface area contributed by atoms with Gasteiger partial charge in [0.05, 0.1) is 56.9 Å². The third-order valence-electron chi connectivity index (χ3n) is 21.6. The van der Waals surface area contributed by atoms with Crippen molar-refractivity contribution in [3.8, 4) is 0 Å². The number of carbonyl (C=O) groups is 5. The second-order valence-electron chi connectivity index (χ2n) is 28.1. The summed E-state index contributed by atoms with van der Waals surface area (Å²) in [5, 5.41) is 59.3. The zero-order valence-corrected chi connectivity index (χ0v) is 69.8. The van der Waals surface area contributed by atoms with Crippen molar-refractivity contribution in [2.75, 3.05) is 0 Å². The van der Waals surface area contributed by atoms with Crippen molar-refractivity contribution < 1.29 is 49.5 Å². The molecule has 0 aliphatic rings. The molecule has 121 heavy (non-hydrogen) atoms. The van der Waals surface area contributed by atoms with Gasteiger partial charge in [-0.15, -0.1) is 0 Å². The molecule has 11 heteroatoms. The van der Waals surface area contributed by atoms with Gasteiger partial charge in [-0.3, -0.25) is 0 Å². The minimum atomic E-state index is -1.26. The Labute approximate surface area is 726 Å². The molecule has 0 aromatic heterocycles. The van der Waals surface area contributed by atoms with E-state index < -0.39 is 56.9 Å². The molecule has 0 heterocycles. The first-order chi connectivity index (χ1) is 58.3. The Bertz CT molecular complexity index is 4570. The van der Waals surface area contributed by atoms with Crippen molar-refractivity contribution in [3.63, 3.8) is 0 Å². The van der Waals surface area contributed by atoms with Crippen LogP contribution >= 0.6 is 0 Å². The molecule has 590 valence electrons. The van der Waals surface area contributed by atoms with Crippen LogP contribution in [0.25, 0.3) is 0 Å². The normalized spacial score (nSPS) is 10.9. The van der Waals surface area contributed by atoms with Crippen molar-refractivity contribution in [3.05, 3.63) is 599 Å². The van der Waals surface area contributed by atoms with E-state index >= 15 is 0 Å². The monoisotopic (exact) mass is 1770 g/mol. The predicted octanol–water partition coefficient (Wildman–Crippen LogP) is 16.3. The number of carboxylic acids is 5. The van der Waals surface area contributed by atoms with Crippen LogP contribution in [-0.4, -0.2) is 56.0 Å². The largest absolute Gasteiger partial charge is 5.00 e. The molecular formula is C110H85BiO10. The Kier molecular flexibility index (Phi) is 30.7. The third kappa shape index (κ3) is 18.6. The van der Waals surface area contributed by atoms with Crippen molar-refractivity contribution >= 4 is 56.0 Å². The number of carbonyl (C=O) groups excluding carboxylic acids is 5. The van der Waals surface area contributed by atoms with E-state index in [2.05, 4.69) is 32.9 Å². The van der Waals surface area contributed by atoms with E-state index in [-0.39, 0.29) is 54.1 Å². The van der Waals surface area contributed by atoms with Crippen LogP contribution in [0.1, 0.15) is 83.5 Å². The van der Waals surface area contributed by atoms with E-state index in [1.54, 1.807) is 0 Å². The van der Waals surface area contributed by atoms with Crippen molar-refractivity contribution in [1.82, 2.24) is 0 Å². The van der Waals surface area contributed by atoms with Crippen LogP contribution in [0.3, 0.4) is 0 Å². The summed E-state index contributed by atoms with van der Waals surface area (Å²) in [6.45, 7) is 19.5. The van der Waals surface area contributed by atoms with Gasteiger partial charge >= 0.3 is 26.2 Å². The van der Waals surface area contributed by atoms with Gasteiger partial charge in [-0.1, -0.05) is 488 Å². The average Bonchev–Trinajstić information content (AvgIpc) is 0.768. The maximum atomic E-state index is 11.9. The molecule has 0 spiro atoms. The quantitative estimate of drug-likeness (QED) is 0.0301. The van der Waals surface area contributed by atoms with Crippen LogP contribution < -0.4 is 25.5 Å². The standard InChI is InChI=1S/5C22H18O2.Bi/c5*1-17(21(23)24)22(18-11-5-2-6-12-18,19-13-7-3-8-14-19)20-15-9-4-10-16-20;/h5*2-16H,1H2,(H,23,24);/q;;;;;+5/p-5. The first-order valence-electron chi connectivity index (χ1n) is 38.7. The van der Waals surface area contributed by atoms with Crippen LogP contribution in [0.4, 0.5) is 0 Å². The fraction of sp³-hybridized carbons (Fsp3) is 0.0455. The minimum Gasteiger partial charge on any atom is -0.545 e. The molecule has 0 atom stereocenters. The molecule has 0 aliphatic heterocycles. The molecule has 0 N–H and O–H groups in total. The molecule has 15 aromatic carbocycles. The van der Waals surface area contributed by atoms with E-state index in [0.29, 0.717) is 0 Å². The Morgan fingerprint density at radius 1 is 0.140 bits per heavy atom. The third-order valence-corrected chi connectivity index (χ3v) is 21.6. The summed E-state index contributed by atoms with van der Waals surface area (Å²) in [4.78, 5) is 59.3. The zero-order valence-electron chi connectivity index (χ0n) is 66.4. The van der Waals surface area contributed by atoms with Crippen LogP contribution in [-0.2, 0) is 51.0 Å². The van der Waals surface area contributed by atoms with E-state index in [9.17, 15) is 49.5 Å². The van der Waals surface area contributed by atoms with Crippen molar-refractivity contribution in [2.24, 2.45) is 0 Å². The van der Waals surface area contributed by atoms with Crippen LogP contribution in [0, 0.1) is 0 Å². The first kappa shape index (κ1) is 88.6. The Morgan fingerprint density at radius 3 is 0.248 bits per heavy atom. The summed E-state index contributed by atoms with van der Waals surface area (Å²) >= 11 is 0. The first-order valence-corrected chi connectivity index (χ1v) is 38.7. The molecule has 0 fully saturated rings. The summed E-state index contributed by atoms with van der Waals surface area (Å²) in [5.41, 5.74) is 7.77. The summed E-state index contributed by atoms with van der Waals surface area (Å²) in [6.07, 6.45) is 0. The molecule has 0 aliphatic carbocycles. The van der Waals surface area contributed by atoms with Crippen molar-refractivity contribution in [2.45, 2.75) is 27.1 Å². The molecule has 10 nitrogen and oxygen atoms in total. The Morgan fingerprint density at radius 2 is 0.198 bits per heavy atom. The van der Waals surface area contributed by atoms with Crippen molar-refractivity contribution in [1.29, 1.82) is 0 Å². The number of carboxylic acid groups (broad SMARTS) is 5. The van der Waals surface area contributed by atoms with Gasteiger partial charge in [-0.05, 0) is 111 Å². The predicted molar refractivity (Wildman–Crippen MR) is 473 cm³/mol. The maximum Gasteiger partial charge on any atom is 5.00 e. The van der Waals surface area contributed by atoms with Gasteiger partial charge in [0.1, 0.15) is 0 Å². The number of hydrogen-bond acceptors (Lipinski definition) is 10. The van der Waals surface area contributed by atoms with Gasteiger partial charge in [0.15, 0.2) is 0 Å². The van der Waals surface area contributed by atoms with Gasteiger partial charge in [0.25, 0.3) is 0 Å². The van der Waals surface area contributed by atoms with Crippen LogP contribution in [0.5, 0.6) is 0 Å². The summed E-state index contributed by atoms with van der Waals surface area (Å²) < 4.78 is 0. The maximum absolute atomic E-state index is 11.9. The average molecular weight is 1780 g/mol. The summed E-state index contributed by atoms with van der Waals surface area (Å²) in [7, 11) is 0. The number of hydrogen-bond donors (Lipinski definition) is 0. The smallest absolute Gasteiger partial charge is 0.545 e. The molecule has 0 bridgehead atoms. The van der Waals surface area contributed by atoms with Gasteiger partial charge < -0.3 is 49.5 Å². The topological polar surface area (TPSA) is 201 Å². The second-order valence-corrected chi connectivity index (χ2v) is 28.1. The molecule has 0 amide bonds. The Balaban J connectivity index is 0.000000158. The molecule has 15 rings (SSSR count). The molecule has 0 saturated heterocycles. The molecule has 15 aromatic rings. The fourth-order valence-corrected chi connectivity index (χ4v) is 16.2. The summed E-state index contributed by atoms with van der Waals surface area (Å²) in [5.74, 6) is -6.29. The number of rotatable bonds is 25. The van der Waals surface area contributed by atoms with E-state index in [1.165, 1.54) is 0 Å². The summed E-state index contributed by atoms with van der Waals surface area (Å²) in [6, 6.07) is 143. The van der Waals surface area contributed by atoms with Gasteiger partial charge in [-0.25, -0.2) is 0 Å². The van der Waals surface area contributed by atoms with Crippen LogP contribution in [0.2, 0.25) is 0 Å². The minimum absolute atomic E-state index is 0. The van der Waals surface area contributed by atoms with Gasteiger partial charge in [0, 0.05) is 0 Å². The molecule has 0 saturated carbocycles. The molecule has 0 radical (unpaired) electrons.